The molecule has 0 spiro atoms. The van der Waals surface area contributed by atoms with Gasteiger partial charge < -0.3 is 15.0 Å². The predicted octanol–water partition coefficient (Wildman–Crippen LogP) is 2.19. The summed E-state index contributed by atoms with van der Waals surface area (Å²) in [6.07, 6.45) is 2.01. The van der Waals surface area contributed by atoms with E-state index in [1.807, 2.05) is 30.9 Å². The maximum absolute atomic E-state index is 13.1. The number of rotatable bonds is 5. The Kier molecular flexibility index (Phi) is 4.39. The highest BCUT2D eigenvalue weighted by atomic mass is 16.5. The van der Waals surface area contributed by atoms with Crippen LogP contribution in [-0.2, 0) is 14.3 Å². The topological polar surface area (TPSA) is 58.6 Å². The van der Waals surface area contributed by atoms with Crippen molar-refractivity contribution in [1.29, 1.82) is 0 Å². The molecule has 0 aromatic heterocycles. The molecule has 2 aliphatic rings. The summed E-state index contributed by atoms with van der Waals surface area (Å²) in [5.74, 6) is -0.192. The Morgan fingerprint density at radius 2 is 1.78 bits per heavy atom. The SMILES string of the molecule is COCC(=O)N[C@H](C(=O)N1C2CCC1c1ccccc12)C(C)C. The van der Waals surface area contributed by atoms with E-state index in [9.17, 15) is 9.59 Å². The Hall–Kier alpha value is -1.88. The molecule has 1 N–H and O–H groups in total. The lowest BCUT2D eigenvalue weighted by Crippen LogP contribution is -2.51. The molecule has 2 heterocycles. The first-order valence-corrected chi connectivity index (χ1v) is 8.24. The highest BCUT2D eigenvalue weighted by molar-refractivity contribution is 5.89. The number of methoxy groups -OCH3 is 1. The van der Waals surface area contributed by atoms with Crippen molar-refractivity contribution >= 4 is 11.8 Å². The van der Waals surface area contributed by atoms with E-state index in [0.29, 0.717) is 0 Å². The van der Waals surface area contributed by atoms with E-state index >= 15 is 0 Å². The van der Waals surface area contributed by atoms with Gasteiger partial charge in [0.25, 0.3) is 0 Å². The number of ether oxygens (including phenoxy) is 1. The summed E-state index contributed by atoms with van der Waals surface area (Å²) in [5.41, 5.74) is 2.53. The Bertz CT molecular complexity index is 583. The molecule has 124 valence electrons. The molecule has 1 aromatic carbocycles. The lowest BCUT2D eigenvalue weighted by atomic mass is 9.92. The molecule has 1 saturated heterocycles. The molecule has 3 atom stereocenters. The molecule has 3 rings (SSSR count). The first kappa shape index (κ1) is 16.0. The minimum Gasteiger partial charge on any atom is -0.375 e. The molecular formula is C18H24N2O3. The van der Waals surface area contributed by atoms with Gasteiger partial charge in [-0.2, -0.15) is 0 Å². The predicted molar refractivity (Wildman–Crippen MR) is 86.6 cm³/mol. The Morgan fingerprint density at radius 1 is 1.22 bits per heavy atom. The number of nitrogens with one attached hydrogen (secondary N) is 1. The fraction of sp³-hybridized carbons (Fsp3) is 0.556. The zero-order valence-corrected chi connectivity index (χ0v) is 13.9. The van der Waals surface area contributed by atoms with Crippen LogP contribution in [0.1, 0.15) is 49.9 Å². The fourth-order valence-electron chi connectivity index (χ4n) is 3.87. The van der Waals surface area contributed by atoms with E-state index < -0.39 is 6.04 Å². The molecule has 1 fully saturated rings. The molecule has 0 aliphatic carbocycles. The van der Waals surface area contributed by atoms with Crippen LogP contribution < -0.4 is 5.32 Å². The average Bonchev–Trinajstić information content (AvgIpc) is 3.09. The molecule has 0 radical (unpaired) electrons. The second kappa shape index (κ2) is 6.32. The summed E-state index contributed by atoms with van der Waals surface area (Å²) in [6.45, 7) is 3.89. The van der Waals surface area contributed by atoms with Crippen molar-refractivity contribution in [3.8, 4) is 0 Å². The van der Waals surface area contributed by atoms with Gasteiger partial charge in [-0.3, -0.25) is 9.59 Å². The summed E-state index contributed by atoms with van der Waals surface area (Å²) < 4.78 is 4.86. The number of fused-ring (bicyclic) bond motifs is 5. The maximum atomic E-state index is 13.1. The number of carbonyl (C=O) groups excluding carboxylic acids is 2. The Balaban J connectivity index is 1.81. The van der Waals surface area contributed by atoms with Crippen LogP contribution in [0.2, 0.25) is 0 Å². The van der Waals surface area contributed by atoms with E-state index in [0.717, 1.165) is 12.8 Å². The van der Waals surface area contributed by atoms with Crippen molar-refractivity contribution in [2.45, 2.75) is 44.8 Å². The third kappa shape index (κ3) is 2.74. The van der Waals surface area contributed by atoms with Crippen molar-refractivity contribution in [1.82, 2.24) is 10.2 Å². The summed E-state index contributed by atoms with van der Waals surface area (Å²) in [6, 6.07) is 8.11. The van der Waals surface area contributed by atoms with Crippen molar-refractivity contribution in [2.24, 2.45) is 5.92 Å². The van der Waals surface area contributed by atoms with Gasteiger partial charge in [0.2, 0.25) is 11.8 Å². The molecule has 2 amide bonds. The van der Waals surface area contributed by atoms with E-state index in [2.05, 4.69) is 17.4 Å². The van der Waals surface area contributed by atoms with Crippen LogP contribution in [0.5, 0.6) is 0 Å². The zero-order chi connectivity index (χ0) is 16.6. The molecule has 1 aromatic rings. The largest absolute Gasteiger partial charge is 0.375 e. The van der Waals surface area contributed by atoms with Crippen LogP contribution >= 0.6 is 0 Å². The molecule has 0 saturated carbocycles. The van der Waals surface area contributed by atoms with Gasteiger partial charge in [-0.05, 0) is 29.9 Å². The summed E-state index contributed by atoms with van der Waals surface area (Å²) >= 11 is 0. The van der Waals surface area contributed by atoms with Gasteiger partial charge in [0.15, 0.2) is 0 Å². The van der Waals surface area contributed by atoms with Gasteiger partial charge in [0.05, 0.1) is 12.1 Å². The van der Waals surface area contributed by atoms with E-state index in [4.69, 9.17) is 4.74 Å². The smallest absolute Gasteiger partial charge is 0.246 e. The Labute approximate surface area is 137 Å². The van der Waals surface area contributed by atoms with Crippen LogP contribution in [0, 0.1) is 5.92 Å². The van der Waals surface area contributed by atoms with E-state index in [-0.39, 0.29) is 36.4 Å². The van der Waals surface area contributed by atoms with Crippen molar-refractivity contribution in [3.63, 3.8) is 0 Å². The zero-order valence-electron chi connectivity index (χ0n) is 13.9. The monoisotopic (exact) mass is 316 g/mol. The number of amides is 2. The second-order valence-corrected chi connectivity index (χ2v) is 6.71. The highest BCUT2D eigenvalue weighted by Crippen LogP contribution is 2.53. The molecule has 2 bridgehead atoms. The molecule has 2 aliphatic heterocycles. The highest BCUT2D eigenvalue weighted by Gasteiger charge is 2.48. The molecule has 2 unspecified atom stereocenters. The van der Waals surface area contributed by atoms with Gasteiger partial charge in [-0.15, -0.1) is 0 Å². The van der Waals surface area contributed by atoms with E-state index in [1.165, 1.54) is 18.2 Å². The first-order valence-electron chi connectivity index (χ1n) is 8.24. The van der Waals surface area contributed by atoms with Gasteiger partial charge >= 0.3 is 0 Å². The van der Waals surface area contributed by atoms with Crippen LogP contribution in [0.25, 0.3) is 0 Å². The van der Waals surface area contributed by atoms with Crippen molar-refractivity contribution < 1.29 is 14.3 Å². The number of hydrogen-bond donors (Lipinski definition) is 1. The standard InChI is InChI=1S/C18H24N2O3/c1-11(2)17(19-16(21)10-23-3)18(22)20-14-8-9-15(20)13-7-5-4-6-12(13)14/h4-7,11,14-15,17H,8-10H2,1-3H3,(H,19,21)/t14?,15?,17-/m0/s1. The lowest BCUT2D eigenvalue weighted by Gasteiger charge is -2.30. The summed E-state index contributed by atoms with van der Waals surface area (Å²) in [7, 11) is 1.48. The van der Waals surface area contributed by atoms with Gasteiger partial charge in [-0.1, -0.05) is 38.1 Å². The molecular weight excluding hydrogens is 292 g/mol. The third-order valence-corrected chi connectivity index (χ3v) is 4.88. The van der Waals surface area contributed by atoms with Crippen LogP contribution in [0.15, 0.2) is 24.3 Å². The number of carbonyl (C=O) groups is 2. The fourth-order valence-corrected chi connectivity index (χ4v) is 3.87. The number of nitrogens with zero attached hydrogens (tertiary/aromatic N) is 1. The third-order valence-electron chi connectivity index (χ3n) is 4.88. The Morgan fingerprint density at radius 3 is 2.26 bits per heavy atom. The molecule has 5 nitrogen and oxygen atoms in total. The van der Waals surface area contributed by atoms with Crippen LogP contribution in [0.3, 0.4) is 0 Å². The van der Waals surface area contributed by atoms with Crippen LogP contribution in [0.4, 0.5) is 0 Å². The minimum absolute atomic E-state index is 0.0214. The van der Waals surface area contributed by atoms with Gasteiger partial charge in [-0.25, -0.2) is 0 Å². The number of benzene rings is 1. The van der Waals surface area contributed by atoms with Crippen LogP contribution in [-0.4, -0.2) is 36.5 Å². The van der Waals surface area contributed by atoms with E-state index in [1.54, 1.807) is 0 Å². The number of hydrogen-bond acceptors (Lipinski definition) is 3. The maximum Gasteiger partial charge on any atom is 0.246 e. The quantitative estimate of drug-likeness (QED) is 0.906. The average molecular weight is 316 g/mol. The molecule has 23 heavy (non-hydrogen) atoms. The summed E-state index contributed by atoms with van der Waals surface area (Å²) in [4.78, 5) is 27.0. The minimum atomic E-state index is -0.505. The van der Waals surface area contributed by atoms with Crippen molar-refractivity contribution in [3.05, 3.63) is 35.4 Å². The summed E-state index contributed by atoms with van der Waals surface area (Å²) in [5, 5.41) is 2.83. The van der Waals surface area contributed by atoms with Crippen molar-refractivity contribution in [2.75, 3.05) is 13.7 Å². The lowest BCUT2D eigenvalue weighted by molar-refractivity contribution is -0.140. The normalized spacial score (nSPS) is 23.0. The second-order valence-electron chi connectivity index (χ2n) is 6.71. The van der Waals surface area contributed by atoms with Gasteiger partial charge in [0.1, 0.15) is 12.6 Å². The van der Waals surface area contributed by atoms with Gasteiger partial charge in [0, 0.05) is 7.11 Å². The molecule has 5 heteroatoms. The first-order chi connectivity index (χ1) is 11.0.